The molecule has 2 aromatic rings. The number of halogens is 2. The van der Waals surface area contributed by atoms with Crippen molar-refractivity contribution in [1.82, 2.24) is 0 Å². The minimum Gasteiger partial charge on any atom is -0.325 e. The maximum absolute atomic E-state index is 12.1. The van der Waals surface area contributed by atoms with Crippen molar-refractivity contribution in [2.75, 3.05) is 5.32 Å². The number of rotatable bonds is 3. The Balaban J connectivity index is 2.10. The minimum absolute atomic E-state index is 0.00278. The van der Waals surface area contributed by atoms with Crippen molar-refractivity contribution in [3.63, 3.8) is 0 Å². The predicted molar refractivity (Wildman–Crippen MR) is 90.4 cm³/mol. The van der Waals surface area contributed by atoms with Crippen LogP contribution in [0.25, 0.3) is 0 Å². The molecule has 2 rings (SSSR count). The van der Waals surface area contributed by atoms with E-state index < -0.39 is 0 Å². The molecule has 0 atom stereocenters. The van der Waals surface area contributed by atoms with Gasteiger partial charge in [0.05, 0.1) is 12.1 Å². The van der Waals surface area contributed by atoms with Gasteiger partial charge in [0.25, 0.3) is 0 Å². The number of carbonyl (C=O) groups excluding carboxylic acids is 1. The number of benzene rings is 2. The fourth-order valence-electron chi connectivity index (χ4n) is 1.77. The summed E-state index contributed by atoms with van der Waals surface area (Å²) in [6.07, 6.45) is 0.393. The predicted octanol–water partition coefficient (Wildman–Crippen LogP) is 4.54. The van der Waals surface area contributed by atoms with Gasteiger partial charge in [-0.05, 0) is 74.8 Å². The largest absolute Gasteiger partial charge is 0.325 e. The van der Waals surface area contributed by atoms with E-state index in [1.54, 1.807) is 0 Å². The Hall–Kier alpha value is -0.880. The maximum atomic E-state index is 12.1. The van der Waals surface area contributed by atoms with Gasteiger partial charge in [-0.3, -0.25) is 4.79 Å². The van der Waals surface area contributed by atoms with E-state index in [0.717, 1.165) is 24.9 Å². The standard InChI is InChI=1S/C15H13BrINO/c1-10-4-2-3-5-11(10)8-15(19)18-14-9-12(17)6-7-13(14)16/h2-7,9H,8H2,1H3,(H,18,19). The highest BCUT2D eigenvalue weighted by molar-refractivity contribution is 14.1. The number of hydrogen-bond acceptors (Lipinski definition) is 1. The summed E-state index contributed by atoms with van der Waals surface area (Å²) in [5.74, 6) is -0.00278. The third kappa shape index (κ3) is 4.04. The van der Waals surface area contributed by atoms with E-state index in [9.17, 15) is 4.79 Å². The Morgan fingerprint density at radius 2 is 2.00 bits per heavy atom. The lowest BCUT2D eigenvalue weighted by molar-refractivity contribution is -0.115. The number of hydrogen-bond donors (Lipinski definition) is 1. The quantitative estimate of drug-likeness (QED) is 0.713. The van der Waals surface area contributed by atoms with Crippen molar-refractivity contribution >= 4 is 50.1 Å². The first-order chi connectivity index (χ1) is 9.06. The highest BCUT2D eigenvalue weighted by atomic mass is 127. The molecule has 0 saturated heterocycles. The third-order valence-corrected chi connectivity index (χ3v) is 4.18. The van der Waals surface area contributed by atoms with Crippen molar-refractivity contribution in [1.29, 1.82) is 0 Å². The molecule has 19 heavy (non-hydrogen) atoms. The summed E-state index contributed by atoms with van der Waals surface area (Å²) >= 11 is 5.67. The van der Waals surface area contributed by atoms with Crippen LogP contribution < -0.4 is 5.32 Å². The highest BCUT2D eigenvalue weighted by Crippen LogP contribution is 2.24. The van der Waals surface area contributed by atoms with E-state index >= 15 is 0 Å². The summed E-state index contributed by atoms with van der Waals surface area (Å²) in [4.78, 5) is 12.1. The maximum Gasteiger partial charge on any atom is 0.228 e. The number of nitrogens with one attached hydrogen (secondary N) is 1. The molecule has 0 aliphatic carbocycles. The number of carbonyl (C=O) groups is 1. The van der Waals surface area contributed by atoms with Crippen molar-refractivity contribution in [3.8, 4) is 0 Å². The molecule has 2 nitrogen and oxygen atoms in total. The van der Waals surface area contributed by atoms with Crippen molar-refractivity contribution in [3.05, 3.63) is 61.6 Å². The Morgan fingerprint density at radius 3 is 2.74 bits per heavy atom. The molecule has 98 valence electrons. The van der Waals surface area contributed by atoms with Crippen LogP contribution in [0, 0.1) is 10.5 Å². The third-order valence-electron chi connectivity index (χ3n) is 2.81. The van der Waals surface area contributed by atoms with Crippen LogP contribution in [-0.2, 0) is 11.2 Å². The molecule has 0 aliphatic heterocycles. The van der Waals surface area contributed by atoms with Crippen LogP contribution >= 0.6 is 38.5 Å². The number of anilines is 1. The van der Waals surface area contributed by atoms with Gasteiger partial charge in [-0.15, -0.1) is 0 Å². The molecule has 0 radical (unpaired) electrons. The zero-order chi connectivity index (χ0) is 13.8. The monoisotopic (exact) mass is 429 g/mol. The molecule has 0 aromatic heterocycles. The molecule has 2 aromatic carbocycles. The summed E-state index contributed by atoms with van der Waals surface area (Å²) in [7, 11) is 0. The second kappa shape index (κ2) is 6.52. The zero-order valence-electron chi connectivity index (χ0n) is 10.4. The molecule has 0 heterocycles. The van der Waals surface area contributed by atoms with Crippen LogP contribution in [0.4, 0.5) is 5.69 Å². The fraction of sp³-hybridized carbons (Fsp3) is 0.133. The molecule has 1 amide bonds. The SMILES string of the molecule is Cc1ccccc1CC(=O)Nc1cc(I)ccc1Br. The topological polar surface area (TPSA) is 29.1 Å². The molecule has 0 saturated carbocycles. The van der Waals surface area contributed by atoms with E-state index in [0.29, 0.717) is 6.42 Å². The molecule has 0 bridgehead atoms. The van der Waals surface area contributed by atoms with Crippen LogP contribution in [0.15, 0.2) is 46.9 Å². The number of amides is 1. The fourth-order valence-corrected chi connectivity index (χ4v) is 2.61. The smallest absolute Gasteiger partial charge is 0.228 e. The molecule has 0 fully saturated rings. The van der Waals surface area contributed by atoms with Crippen molar-refractivity contribution in [2.24, 2.45) is 0 Å². The van der Waals surface area contributed by atoms with Gasteiger partial charge in [0.15, 0.2) is 0 Å². The molecular weight excluding hydrogens is 417 g/mol. The lowest BCUT2D eigenvalue weighted by Gasteiger charge is -2.09. The summed E-state index contributed by atoms with van der Waals surface area (Å²) in [6.45, 7) is 2.02. The van der Waals surface area contributed by atoms with Crippen LogP contribution in [0.2, 0.25) is 0 Å². The Kier molecular flexibility index (Phi) is 4.99. The minimum atomic E-state index is -0.00278. The average molecular weight is 430 g/mol. The Labute approximate surface area is 134 Å². The summed E-state index contributed by atoms with van der Waals surface area (Å²) in [5, 5.41) is 2.94. The molecule has 0 spiro atoms. The second-order valence-corrected chi connectivity index (χ2v) is 6.38. The normalized spacial score (nSPS) is 10.3. The average Bonchev–Trinajstić information content (AvgIpc) is 2.37. The molecule has 0 aliphatic rings. The second-order valence-electron chi connectivity index (χ2n) is 4.28. The van der Waals surface area contributed by atoms with Gasteiger partial charge >= 0.3 is 0 Å². The van der Waals surface area contributed by atoms with Gasteiger partial charge in [0, 0.05) is 8.04 Å². The first-order valence-corrected chi connectivity index (χ1v) is 7.73. The lowest BCUT2D eigenvalue weighted by atomic mass is 10.1. The van der Waals surface area contributed by atoms with Crippen LogP contribution in [-0.4, -0.2) is 5.91 Å². The van der Waals surface area contributed by atoms with Crippen LogP contribution in [0.3, 0.4) is 0 Å². The first kappa shape index (κ1) is 14.5. The van der Waals surface area contributed by atoms with Crippen LogP contribution in [0.5, 0.6) is 0 Å². The van der Waals surface area contributed by atoms with Crippen LogP contribution in [0.1, 0.15) is 11.1 Å². The first-order valence-electron chi connectivity index (χ1n) is 5.85. The Bertz CT molecular complexity index is 613. The summed E-state index contributed by atoms with van der Waals surface area (Å²) < 4.78 is 1.98. The van der Waals surface area contributed by atoms with Crippen molar-refractivity contribution < 1.29 is 4.79 Å². The van der Waals surface area contributed by atoms with E-state index in [1.807, 2.05) is 49.4 Å². The van der Waals surface area contributed by atoms with Gasteiger partial charge in [0.1, 0.15) is 0 Å². The molecule has 1 N–H and O–H groups in total. The van der Waals surface area contributed by atoms with E-state index in [-0.39, 0.29) is 5.91 Å². The highest BCUT2D eigenvalue weighted by Gasteiger charge is 2.08. The van der Waals surface area contributed by atoms with Gasteiger partial charge in [-0.2, -0.15) is 0 Å². The zero-order valence-corrected chi connectivity index (χ0v) is 14.2. The number of aryl methyl sites for hydroxylation is 1. The van der Waals surface area contributed by atoms with E-state index in [4.69, 9.17) is 0 Å². The molecule has 0 unspecified atom stereocenters. The van der Waals surface area contributed by atoms with Gasteiger partial charge in [-0.1, -0.05) is 24.3 Å². The van der Waals surface area contributed by atoms with E-state index in [1.165, 1.54) is 0 Å². The van der Waals surface area contributed by atoms with Gasteiger partial charge < -0.3 is 5.32 Å². The molecule has 4 heteroatoms. The van der Waals surface area contributed by atoms with Gasteiger partial charge in [-0.25, -0.2) is 0 Å². The van der Waals surface area contributed by atoms with E-state index in [2.05, 4.69) is 43.8 Å². The summed E-state index contributed by atoms with van der Waals surface area (Å²) in [5.41, 5.74) is 3.01. The van der Waals surface area contributed by atoms with Crippen molar-refractivity contribution in [2.45, 2.75) is 13.3 Å². The summed E-state index contributed by atoms with van der Waals surface area (Å²) in [6, 6.07) is 13.8. The molecular formula is C15H13BrINO. The van der Waals surface area contributed by atoms with Gasteiger partial charge in [0.2, 0.25) is 5.91 Å². The lowest BCUT2D eigenvalue weighted by Crippen LogP contribution is -2.15. The Morgan fingerprint density at radius 1 is 1.26 bits per heavy atom.